The summed E-state index contributed by atoms with van der Waals surface area (Å²) < 4.78 is 4.36. The molecular formula is C15H23N5S. The highest BCUT2D eigenvalue weighted by Gasteiger charge is 2.22. The lowest BCUT2D eigenvalue weighted by Crippen LogP contribution is -2.39. The van der Waals surface area contributed by atoms with Gasteiger partial charge >= 0.3 is 0 Å². The predicted molar refractivity (Wildman–Crippen MR) is 90.8 cm³/mol. The maximum Gasteiger partial charge on any atom is 0.147 e. The molecule has 114 valence electrons. The summed E-state index contributed by atoms with van der Waals surface area (Å²) >= 11 is 1.46. The maximum absolute atomic E-state index is 6.10. The summed E-state index contributed by atoms with van der Waals surface area (Å²) in [6.07, 6.45) is 3.61. The Morgan fingerprint density at radius 3 is 2.71 bits per heavy atom. The van der Waals surface area contributed by atoms with Gasteiger partial charge in [0.1, 0.15) is 10.8 Å². The molecule has 2 rings (SSSR count). The Hall–Kier alpha value is -1.66. The average molecular weight is 305 g/mol. The normalized spacial score (nSPS) is 12.6. The van der Waals surface area contributed by atoms with Crippen molar-refractivity contribution in [2.45, 2.75) is 19.9 Å². The zero-order valence-electron chi connectivity index (χ0n) is 13.1. The van der Waals surface area contributed by atoms with Crippen LogP contribution in [-0.4, -0.2) is 47.5 Å². The number of likely N-dealkylation sites (N-methyl/N-ethyl adjacent to an activating group) is 2. The van der Waals surface area contributed by atoms with Crippen LogP contribution in [0.3, 0.4) is 0 Å². The third-order valence-electron chi connectivity index (χ3n) is 3.41. The molecule has 0 aliphatic heterocycles. The molecule has 0 amide bonds. The van der Waals surface area contributed by atoms with E-state index >= 15 is 0 Å². The predicted octanol–water partition coefficient (Wildman–Crippen LogP) is 2.56. The number of nitrogen functional groups attached to an aromatic ring is 1. The first-order valence-corrected chi connectivity index (χ1v) is 7.88. The van der Waals surface area contributed by atoms with Crippen molar-refractivity contribution in [1.82, 2.24) is 14.3 Å². The number of hydrogen-bond donors (Lipinski definition) is 1. The minimum absolute atomic E-state index is 0.389. The Balaban J connectivity index is 2.39. The first-order chi connectivity index (χ1) is 10.0. The molecule has 0 aliphatic carbocycles. The third kappa shape index (κ3) is 3.51. The largest absolute Gasteiger partial charge is 0.382 e. The molecule has 1 atom stereocenters. The Morgan fingerprint density at radius 2 is 2.14 bits per heavy atom. The number of hydrogen-bond acceptors (Lipinski definition) is 6. The van der Waals surface area contributed by atoms with Crippen LogP contribution in [0.1, 0.15) is 13.8 Å². The quantitative estimate of drug-likeness (QED) is 0.889. The standard InChI is InChI=1S/C15H23N5S/c1-5-20(11(2)10-19(3)4)15-13(14(16)18-21-15)12-7-6-8-17-9-12/h6-9,11H,5,10H2,1-4H3,(H2,16,18). The van der Waals surface area contributed by atoms with Crippen LogP contribution in [0.4, 0.5) is 10.8 Å². The smallest absolute Gasteiger partial charge is 0.147 e. The highest BCUT2D eigenvalue weighted by atomic mass is 32.1. The van der Waals surface area contributed by atoms with Crippen molar-refractivity contribution in [3.63, 3.8) is 0 Å². The van der Waals surface area contributed by atoms with Crippen molar-refractivity contribution >= 4 is 22.4 Å². The van der Waals surface area contributed by atoms with Gasteiger partial charge in [0.2, 0.25) is 0 Å². The fourth-order valence-electron chi connectivity index (χ4n) is 2.55. The van der Waals surface area contributed by atoms with Crippen molar-refractivity contribution < 1.29 is 0 Å². The molecule has 0 aliphatic rings. The third-order valence-corrected chi connectivity index (χ3v) is 4.31. The fourth-order valence-corrected chi connectivity index (χ4v) is 3.56. The zero-order valence-corrected chi connectivity index (χ0v) is 13.9. The zero-order chi connectivity index (χ0) is 15.4. The van der Waals surface area contributed by atoms with Gasteiger partial charge in [-0.25, -0.2) is 0 Å². The van der Waals surface area contributed by atoms with E-state index in [1.807, 2.05) is 18.3 Å². The van der Waals surface area contributed by atoms with Crippen LogP contribution in [0, 0.1) is 0 Å². The van der Waals surface area contributed by atoms with E-state index in [0.717, 1.165) is 29.2 Å². The Bertz CT molecular complexity index is 567. The Labute approximate surface area is 130 Å². The van der Waals surface area contributed by atoms with E-state index in [2.05, 4.69) is 47.1 Å². The lowest BCUT2D eigenvalue weighted by atomic mass is 10.1. The van der Waals surface area contributed by atoms with Gasteiger partial charge in [0.25, 0.3) is 0 Å². The van der Waals surface area contributed by atoms with E-state index in [9.17, 15) is 0 Å². The van der Waals surface area contributed by atoms with Crippen LogP contribution >= 0.6 is 11.5 Å². The topological polar surface area (TPSA) is 58.3 Å². The number of pyridine rings is 1. The molecule has 0 fully saturated rings. The maximum atomic E-state index is 6.10. The minimum Gasteiger partial charge on any atom is -0.382 e. The molecule has 2 aromatic rings. The molecule has 0 bridgehead atoms. The van der Waals surface area contributed by atoms with Crippen molar-refractivity contribution in [2.75, 3.05) is 37.8 Å². The van der Waals surface area contributed by atoms with Crippen LogP contribution in [0.5, 0.6) is 0 Å². The summed E-state index contributed by atoms with van der Waals surface area (Å²) in [6.45, 7) is 6.30. The van der Waals surface area contributed by atoms with E-state index in [0.29, 0.717) is 11.9 Å². The van der Waals surface area contributed by atoms with Crippen molar-refractivity contribution in [3.05, 3.63) is 24.5 Å². The molecular weight excluding hydrogens is 282 g/mol. The molecule has 0 spiro atoms. The highest BCUT2D eigenvalue weighted by molar-refractivity contribution is 7.11. The van der Waals surface area contributed by atoms with Crippen molar-refractivity contribution in [2.24, 2.45) is 0 Å². The van der Waals surface area contributed by atoms with E-state index in [4.69, 9.17) is 5.73 Å². The lowest BCUT2D eigenvalue weighted by molar-refractivity contribution is 0.373. The summed E-state index contributed by atoms with van der Waals surface area (Å²) in [7, 11) is 4.18. The van der Waals surface area contributed by atoms with Gasteiger partial charge in [-0.3, -0.25) is 4.98 Å². The fraction of sp³-hybridized carbons (Fsp3) is 0.467. The Kier molecular flexibility index (Phi) is 5.14. The lowest BCUT2D eigenvalue weighted by Gasteiger charge is -2.31. The second kappa shape index (κ2) is 6.87. The van der Waals surface area contributed by atoms with Gasteiger partial charge in [-0.15, -0.1) is 0 Å². The van der Waals surface area contributed by atoms with Gasteiger partial charge < -0.3 is 15.5 Å². The summed E-state index contributed by atoms with van der Waals surface area (Å²) in [5, 5.41) is 1.12. The summed E-state index contributed by atoms with van der Waals surface area (Å²) in [6, 6.07) is 4.34. The van der Waals surface area contributed by atoms with Gasteiger partial charge in [0, 0.05) is 37.1 Å². The SMILES string of the molecule is CCN(c1snc(N)c1-c1cccnc1)C(C)CN(C)C. The molecule has 0 saturated carbocycles. The van der Waals surface area contributed by atoms with Crippen molar-refractivity contribution in [1.29, 1.82) is 0 Å². The molecule has 2 heterocycles. The number of nitrogens with two attached hydrogens (primary N) is 1. The van der Waals surface area contributed by atoms with E-state index in [-0.39, 0.29) is 0 Å². The van der Waals surface area contributed by atoms with E-state index in [1.54, 1.807) is 6.20 Å². The van der Waals surface area contributed by atoms with Gasteiger partial charge in [-0.05, 0) is 45.5 Å². The van der Waals surface area contributed by atoms with Crippen LogP contribution in [-0.2, 0) is 0 Å². The summed E-state index contributed by atoms with van der Waals surface area (Å²) in [5.41, 5.74) is 8.12. The Morgan fingerprint density at radius 1 is 1.38 bits per heavy atom. The molecule has 0 aromatic carbocycles. The molecule has 1 unspecified atom stereocenters. The van der Waals surface area contributed by atoms with Crippen LogP contribution in [0.2, 0.25) is 0 Å². The van der Waals surface area contributed by atoms with Gasteiger partial charge in [-0.2, -0.15) is 4.37 Å². The number of anilines is 2. The molecule has 5 nitrogen and oxygen atoms in total. The van der Waals surface area contributed by atoms with Crippen LogP contribution < -0.4 is 10.6 Å². The number of rotatable bonds is 6. The molecule has 6 heteroatoms. The first kappa shape index (κ1) is 15.7. The first-order valence-electron chi connectivity index (χ1n) is 7.11. The van der Waals surface area contributed by atoms with Gasteiger partial charge in [0.15, 0.2) is 0 Å². The minimum atomic E-state index is 0.389. The molecule has 2 N–H and O–H groups in total. The second-order valence-electron chi connectivity index (χ2n) is 5.39. The summed E-state index contributed by atoms with van der Waals surface area (Å²) in [4.78, 5) is 8.75. The van der Waals surface area contributed by atoms with Crippen LogP contribution in [0.15, 0.2) is 24.5 Å². The molecule has 21 heavy (non-hydrogen) atoms. The molecule has 0 saturated heterocycles. The molecule has 2 aromatic heterocycles. The van der Waals surface area contributed by atoms with Gasteiger partial charge in [-0.1, -0.05) is 6.07 Å². The van der Waals surface area contributed by atoms with Crippen molar-refractivity contribution in [3.8, 4) is 11.1 Å². The second-order valence-corrected chi connectivity index (χ2v) is 6.14. The summed E-state index contributed by atoms with van der Waals surface area (Å²) in [5.74, 6) is 0.582. The van der Waals surface area contributed by atoms with E-state index in [1.165, 1.54) is 11.5 Å². The van der Waals surface area contributed by atoms with Gasteiger partial charge in [0.05, 0.1) is 5.56 Å². The number of nitrogens with zero attached hydrogens (tertiary/aromatic N) is 4. The number of aromatic nitrogens is 2. The highest BCUT2D eigenvalue weighted by Crippen LogP contribution is 2.39. The van der Waals surface area contributed by atoms with Crippen LogP contribution in [0.25, 0.3) is 11.1 Å². The molecule has 0 radical (unpaired) electrons. The van der Waals surface area contributed by atoms with E-state index < -0.39 is 0 Å². The monoisotopic (exact) mass is 305 g/mol. The average Bonchev–Trinajstić information content (AvgIpc) is 2.81.